The van der Waals surface area contributed by atoms with Crippen LogP contribution in [0, 0.1) is 5.82 Å². The number of benzene rings is 2. The van der Waals surface area contributed by atoms with Crippen LogP contribution in [0.1, 0.15) is 5.56 Å². The summed E-state index contributed by atoms with van der Waals surface area (Å²) in [6, 6.07) is 10.1. The van der Waals surface area contributed by atoms with Gasteiger partial charge in [-0.25, -0.2) is 4.39 Å². The third kappa shape index (κ3) is 3.78. The van der Waals surface area contributed by atoms with Gasteiger partial charge in [-0.2, -0.15) is 0 Å². The van der Waals surface area contributed by atoms with Gasteiger partial charge in [0, 0.05) is 12.6 Å². The van der Waals surface area contributed by atoms with Gasteiger partial charge >= 0.3 is 0 Å². The number of halogens is 3. The van der Waals surface area contributed by atoms with Crippen LogP contribution in [0.3, 0.4) is 0 Å². The van der Waals surface area contributed by atoms with Gasteiger partial charge in [-0.1, -0.05) is 6.07 Å². The van der Waals surface area contributed by atoms with Crippen LogP contribution in [0.5, 0.6) is 11.5 Å². The monoisotopic (exact) mass is 387 g/mol. The van der Waals surface area contributed by atoms with Gasteiger partial charge in [0.15, 0.2) is 0 Å². The zero-order chi connectivity index (χ0) is 13.8. The molecule has 0 heterocycles. The average Bonchev–Trinajstić information content (AvgIpc) is 2.37. The summed E-state index contributed by atoms with van der Waals surface area (Å²) in [7, 11) is 1.89. The van der Waals surface area contributed by atoms with Crippen LogP contribution >= 0.6 is 31.9 Å². The Bertz CT molecular complexity index is 590. The Hall–Kier alpha value is -0.910. The fourth-order valence-corrected chi connectivity index (χ4v) is 2.45. The highest BCUT2D eigenvalue weighted by molar-refractivity contribution is 9.11. The lowest BCUT2D eigenvalue weighted by Crippen LogP contribution is -2.04. The highest BCUT2D eigenvalue weighted by Crippen LogP contribution is 2.34. The smallest absolute Gasteiger partial charge is 0.144 e. The summed E-state index contributed by atoms with van der Waals surface area (Å²) in [6.07, 6.45) is 0. The molecule has 0 unspecified atom stereocenters. The second kappa shape index (κ2) is 6.50. The molecule has 0 atom stereocenters. The third-order valence-electron chi connectivity index (χ3n) is 2.49. The van der Waals surface area contributed by atoms with Crippen molar-refractivity contribution in [3.05, 3.63) is 56.7 Å². The molecule has 0 radical (unpaired) electrons. The molecule has 100 valence electrons. The predicted molar refractivity (Wildman–Crippen MR) is 81.1 cm³/mol. The number of hydrogen-bond donors (Lipinski definition) is 1. The normalized spacial score (nSPS) is 10.5. The van der Waals surface area contributed by atoms with E-state index in [1.165, 1.54) is 12.1 Å². The second-order valence-corrected chi connectivity index (χ2v) is 5.68. The molecular weight excluding hydrogens is 377 g/mol. The van der Waals surface area contributed by atoms with Crippen molar-refractivity contribution in [1.82, 2.24) is 5.32 Å². The largest absolute Gasteiger partial charge is 0.455 e. The molecule has 2 nitrogen and oxygen atoms in total. The first-order chi connectivity index (χ1) is 9.10. The fraction of sp³-hybridized carbons (Fsp3) is 0.143. The van der Waals surface area contributed by atoms with Crippen LogP contribution in [0.15, 0.2) is 45.3 Å². The van der Waals surface area contributed by atoms with E-state index < -0.39 is 0 Å². The molecule has 2 rings (SSSR count). The van der Waals surface area contributed by atoms with Gasteiger partial charge < -0.3 is 10.1 Å². The molecule has 2 aromatic rings. The van der Waals surface area contributed by atoms with E-state index in [4.69, 9.17) is 4.74 Å². The van der Waals surface area contributed by atoms with Gasteiger partial charge in [-0.3, -0.25) is 0 Å². The lowest BCUT2D eigenvalue weighted by Gasteiger charge is -2.11. The highest BCUT2D eigenvalue weighted by Gasteiger charge is 2.08. The minimum absolute atomic E-state index is 0.332. The quantitative estimate of drug-likeness (QED) is 0.807. The van der Waals surface area contributed by atoms with Crippen LogP contribution in [-0.4, -0.2) is 7.05 Å². The van der Waals surface area contributed by atoms with E-state index in [2.05, 4.69) is 37.2 Å². The molecule has 2 aromatic carbocycles. The molecule has 0 amide bonds. The molecule has 0 fully saturated rings. The number of ether oxygens (including phenoxy) is 1. The van der Waals surface area contributed by atoms with Crippen molar-refractivity contribution >= 4 is 31.9 Å². The van der Waals surface area contributed by atoms with E-state index in [1.54, 1.807) is 6.07 Å². The summed E-state index contributed by atoms with van der Waals surface area (Å²) in [5, 5.41) is 3.08. The molecule has 5 heteroatoms. The Balaban J connectivity index is 2.25. The lowest BCUT2D eigenvalue weighted by atomic mass is 10.2. The summed E-state index contributed by atoms with van der Waals surface area (Å²) in [4.78, 5) is 0. The fourth-order valence-electron chi connectivity index (χ4n) is 1.62. The van der Waals surface area contributed by atoms with Gasteiger partial charge in [0.25, 0.3) is 0 Å². The Labute approximate surface area is 128 Å². The van der Waals surface area contributed by atoms with E-state index in [-0.39, 0.29) is 5.82 Å². The standard InChI is InChI=1S/C14H12Br2FNO/c1-18-8-9-2-5-13(12(16)6-9)19-14-7-10(17)3-4-11(14)15/h2-7,18H,8H2,1H3. The Morgan fingerprint density at radius 2 is 1.84 bits per heavy atom. The van der Waals surface area contributed by atoms with Gasteiger partial charge in [0.2, 0.25) is 0 Å². The van der Waals surface area contributed by atoms with Crippen molar-refractivity contribution < 1.29 is 9.13 Å². The minimum atomic E-state index is -0.332. The number of rotatable bonds is 4. The Morgan fingerprint density at radius 3 is 2.53 bits per heavy atom. The maximum atomic E-state index is 13.2. The topological polar surface area (TPSA) is 21.3 Å². The first kappa shape index (κ1) is 14.5. The Morgan fingerprint density at radius 1 is 1.05 bits per heavy atom. The molecule has 19 heavy (non-hydrogen) atoms. The maximum Gasteiger partial charge on any atom is 0.144 e. The minimum Gasteiger partial charge on any atom is -0.455 e. The zero-order valence-corrected chi connectivity index (χ0v) is 13.4. The molecule has 0 aliphatic heterocycles. The molecule has 0 saturated carbocycles. The molecule has 0 saturated heterocycles. The number of nitrogens with one attached hydrogen (secondary N) is 1. The molecule has 0 aliphatic rings. The first-order valence-corrected chi connectivity index (χ1v) is 7.24. The molecule has 0 aromatic heterocycles. The van der Waals surface area contributed by atoms with Gasteiger partial charge in [0.05, 0.1) is 8.95 Å². The summed E-state index contributed by atoms with van der Waals surface area (Å²) in [6.45, 7) is 0.780. The van der Waals surface area contributed by atoms with Crippen molar-refractivity contribution in [3.63, 3.8) is 0 Å². The maximum absolute atomic E-state index is 13.2. The molecule has 1 N–H and O–H groups in total. The van der Waals surface area contributed by atoms with Crippen molar-refractivity contribution in [3.8, 4) is 11.5 Å². The molecule has 0 aliphatic carbocycles. The summed E-state index contributed by atoms with van der Waals surface area (Å²) in [5.41, 5.74) is 1.14. The van der Waals surface area contributed by atoms with E-state index in [1.807, 2.05) is 25.2 Å². The van der Waals surface area contributed by atoms with Crippen LogP contribution in [-0.2, 0) is 6.54 Å². The lowest BCUT2D eigenvalue weighted by molar-refractivity contribution is 0.470. The summed E-state index contributed by atoms with van der Waals surface area (Å²) < 4.78 is 20.4. The first-order valence-electron chi connectivity index (χ1n) is 5.66. The summed E-state index contributed by atoms with van der Waals surface area (Å²) >= 11 is 6.79. The summed E-state index contributed by atoms with van der Waals surface area (Å²) in [5.74, 6) is 0.759. The van der Waals surface area contributed by atoms with Crippen LogP contribution in [0.25, 0.3) is 0 Å². The van der Waals surface area contributed by atoms with Gasteiger partial charge in [0.1, 0.15) is 17.3 Å². The van der Waals surface area contributed by atoms with Crippen LogP contribution in [0.4, 0.5) is 4.39 Å². The Kier molecular flexibility index (Phi) is 4.96. The van der Waals surface area contributed by atoms with Crippen molar-refractivity contribution in [2.45, 2.75) is 6.54 Å². The van der Waals surface area contributed by atoms with Crippen molar-refractivity contribution in [2.75, 3.05) is 7.05 Å². The van der Waals surface area contributed by atoms with E-state index in [9.17, 15) is 4.39 Å². The van der Waals surface area contributed by atoms with E-state index >= 15 is 0 Å². The average molecular weight is 389 g/mol. The van der Waals surface area contributed by atoms with Crippen LogP contribution < -0.4 is 10.1 Å². The molecular formula is C14H12Br2FNO. The van der Waals surface area contributed by atoms with E-state index in [0.29, 0.717) is 16.0 Å². The molecule has 0 bridgehead atoms. The zero-order valence-electron chi connectivity index (χ0n) is 10.2. The highest BCUT2D eigenvalue weighted by atomic mass is 79.9. The predicted octanol–water partition coefficient (Wildman–Crippen LogP) is 4.86. The SMILES string of the molecule is CNCc1ccc(Oc2cc(F)ccc2Br)c(Br)c1. The van der Waals surface area contributed by atoms with Crippen LogP contribution in [0.2, 0.25) is 0 Å². The third-order valence-corrected chi connectivity index (χ3v) is 3.77. The second-order valence-electron chi connectivity index (χ2n) is 3.97. The van der Waals surface area contributed by atoms with Crippen molar-refractivity contribution in [2.24, 2.45) is 0 Å². The van der Waals surface area contributed by atoms with Crippen molar-refractivity contribution in [1.29, 1.82) is 0 Å². The van der Waals surface area contributed by atoms with E-state index in [0.717, 1.165) is 16.6 Å². The molecule has 0 spiro atoms. The number of hydrogen-bond acceptors (Lipinski definition) is 2. The van der Waals surface area contributed by atoms with Gasteiger partial charge in [-0.15, -0.1) is 0 Å². The van der Waals surface area contributed by atoms with Gasteiger partial charge in [-0.05, 0) is 68.7 Å².